The molecule has 36 heavy (non-hydrogen) atoms. The summed E-state index contributed by atoms with van der Waals surface area (Å²) in [4.78, 5) is 21.0. The van der Waals surface area contributed by atoms with Gasteiger partial charge < -0.3 is 19.3 Å². The first kappa shape index (κ1) is 27.6. The second-order valence-electron chi connectivity index (χ2n) is 7.89. The summed E-state index contributed by atoms with van der Waals surface area (Å²) in [7, 11) is 2.31. The van der Waals surface area contributed by atoms with Gasteiger partial charge in [-0.25, -0.2) is 13.4 Å². The van der Waals surface area contributed by atoms with E-state index in [4.69, 9.17) is 21.1 Å². The molecular weight excluding hydrogens is 524 g/mol. The zero-order valence-electron chi connectivity index (χ0n) is 20.8. The molecular formula is C24H29ClN4O5S2. The summed E-state index contributed by atoms with van der Waals surface area (Å²) in [6.45, 7) is 2.04. The number of halogens is 1. The number of carbonyl (C=O) groups is 1. The first-order valence-electron chi connectivity index (χ1n) is 11.0. The molecule has 0 spiro atoms. The summed E-state index contributed by atoms with van der Waals surface area (Å²) >= 11 is 7.93. The van der Waals surface area contributed by atoms with Crippen molar-refractivity contribution in [2.45, 2.75) is 18.4 Å². The monoisotopic (exact) mass is 552 g/mol. The summed E-state index contributed by atoms with van der Waals surface area (Å²) in [6, 6.07) is 9.31. The highest BCUT2D eigenvalue weighted by Gasteiger charge is 2.31. The van der Waals surface area contributed by atoms with Gasteiger partial charge in [0.15, 0.2) is 11.5 Å². The quantitative estimate of drug-likeness (QED) is 0.353. The zero-order valence-corrected chi connectivity index (χ0v) is 23.2. The van der Waals surface area contributed by atoms with Crippen molar-refractivity contribution in [1.82, 2.24) is 9.88 Å². The topological polar surface area (TPSA) is 92.3 Å². The van der Waals surface area contributed by atoms with Crippen LogP contribution in [0.2, 0.25) is 5.02 Å². The highest BCUT2D eigenvalue weighted by molar-refractivity contribution is 7.92. The molecule has 0 radical (unpaired) electrons. The smallest absolute Gasteiger partial charge is 0.264 e. The van der Waals surface area contributed by atoms with Crippen molar-refractivity contribution in [2.24, 2.45) is 0 Å². The summed E-state index contributed by atoms with van der Waals surface area (Å²) in [5, 5.41) is 2.78. The Morgan fingerprint density at radius 2 is 1.81 bits per heavy atom. The van der Waals surface area contributed by atoms with E-state index in [2.05, 4.69) is 4.98 Å². The van der Waals surface area contributed by atoms with E-state index in [0.29, 0.717) is 12.3 Å². The zero-order chi connectivity index (χ0) is 26.5. The number of hydrogen-bond donors (Lipinski definition) is 0. The van der Waals surface area contributed by atoms with E-state index in [1.165, 1.54) is 43.8 Å². The van der Waals surface area contributed by atoms with Gasteiger partial charge in [0.1, 0.15) is 11.6 Å². The van der Waals surface area contributed by atoms with Crippen LogP contribution in [0.25, 0.3) is 0 Å². The Morgan fingerprint density at radius 1 is 1.08 bits per heavy atom. The summed E-state index contributed by atoms with van der Waals surface area (Å²) in [6.07, 6.45) is 1.67. The number of sulfonamides is 1. The number of ether oxygens (including phenoxy) is 2. The third-order valence-electron chi connectivity index (χ3n) is 5.48. The molecule has 12 heteroatoms. The Kier molecular flexibility index (Phi) is 9.04. The normalized spacial score (nSPS) is 11.2. The molecule has 0 aliphatic heterocycles. The molecule has 0 atom stereocenters. The molecule has 0 fully saturated rings. The molecule has 1 heterocycles. The fourth-order valence-electron chi connectivity index (χ4n) is 3.47. The summed E-state index contributed by atoms with van der Waals surface area (Å²) in [5.74, 6) is 0.243. The Hall–Kier alpha value is -3.02. The number of anilines is 2. The van der Waals surface area contributed by atoms with Gasteiger partial charge in [0.25, 0.3) is 10.0 Å². The van der Waals surface area contributed by atoms with Crippen LogP contribution in [0, 0.1) is 0 Å². The lowest BCUT2D eigenvalue weighted by molar-refractivity contribution is -0.129. The molecule has 3 aromatic rings. The maximum atomic E-state index is 14.0. The van der Waals surface area contributed by atoms with E-state index >= 15 is 0 Å². The van der Waals surface area contributed by atoms with Crippen LogP contribution in [0.5, 0.6) is 11.5 Å². The number of benzene rings is 2. The van der Waals surface area contributed by atoms with Gasteiger partial charge in [-0.2, -0.15) is 0 Å². The number of amides is 1. The maximum absolute atomic E-state index is 14.0. The molecule has 0 N–H and O–H groups in total. The molecule has 194 valence electrons. The van der Waals surface area contributed by atoms with Crippen LogP contribution in [0.15, 0.2) is 52.9 Å². The Bertz CT molecular complexity index is 1300. The van der Waals surface area contributed by atoms with Crippen molar-refractivity contribution in [3.05, 3.63) is 58.0 Å². The highest BCUT2D eigenvalue weighted by atomic mass is 35.5. The third kappa shape index (κ3) is 6.03. The SMILES string of the molecule is CCN(Cc1nccs1)C(=O)CN(c1cc(N(C)C)ccc1Cl)S(=O)(=O)c1ccc(OC)c(OC)c1. The van der Waals surface area contributed by atoms with Gasteiger partial charge in [0.05, 0.1) is 36.4 Å². The molecule has 9 nitrogen and oxygen atoms in total. The predicted octanol–water partition coefficient (Wildman–Crippen LogP) is 4.12. The molecule has 0 aliphatic rings. The van der Waals surface area contributed by atoms with Crippen molar-refractivity contribution in [1.29, 1.82) is 0 Å². The molecule has 2 aromatic carbocycles. The van der Waals surface area contributed by atoms with Gasteiger partial charge in [-0.05, 0) is 37.3 Å². The number of likely N-dealkylation sites (N-methyl/N-ethyl adjacent to an activating group) is 1. The van der Waals surface area contributed by atoms with Crippen LogP contribution in [0.4, 0.5) is 11.4 Å². The Balaban J connectivity index is 2.09. The minimum Gasteiger partial charge on any atom is -0.493 e. The van der Waals surface area contributed by atoms with E-state index in [0.717, 1.165) is 15.0 Å². The minimum absolute atomic E-state index is 0.0674. The standard InChI is InChI=1S/C24H29ClN4O5S2/c1-6-28(15-23-26-11-12-35-23)24(30)16-29(20-13-17(27(2)3)7-9-19(20)25)36(31,32)18-8-10-21(33-4)22(14-18)34-5/h7-14H,6,15-16H2,1-5H3. The van der Waals surface area contributed by atoms with E-state index in [-0.39, 0.29) is 33.8 Å². The van der Waals surface area contributed by atoms with Crippen LogP contribution in [0.3, 0.4) is 0 Å². The maximum Gasteiger partial charge on any atom is 0.264 e. The van der Waals surface area contributed by atoms with Gasteiger partial charge in [0, 0.05) is 44.0 Å². The molecule has 3 rings (SSSR count). The number of hydrogen-bond acceptors (Lipinski definition) is 8. The number of rotatable bonds is 11. The van der Waals surface area contributed by atoms with Gasteiger partial charge in [-0.15, -0.1) is 11.3 Å². The number of carbonyl (C=O) groups excluding carboxylic acids is 1. The lowest BCUT2D eigenvalue weighted by Crippen LogP contribution is -2.43. The second-order valence-corrected chi connectivity index (χ2v) is 11.1. The van der Waals surface area contributed by atoms with Crippen LogP contribution >= 0.6 is 22.9 Å². The van der Waals surface area contributed by atoms with Crippen molar-refractivity contribution in [3.8, 4) is 11.5 Å². The molecule has 1 amide bonds. The fraction of sp³-hybridized carbons (Fsp3) is 0.333. The van der Waals surface area contributed by atoms with E-state index in [1.807, 2.05) is 31.3 Å². The first-order chi connectivity index (χ1) is 17.1. The highest BCUT2D eigenvalue weighted by Crippen LogP contribution is 2.36. The lowest BCUT2D eigenvalue weighted by Gasteiger charge is -2.29. The van der Waals surface area contributed by atoms with Gasteiger partial charge in [-0.1, -0.05) is 11.6 Å². The van der Waals surface area contributed by atoms with E-state index < -0.39 is 16.6 Å². The third-order valence-corrected chi connectivity index (χ3v) is 8.32. The van der Waals surface area contributed by atoms with Crippen molar-refractivity contribution in [3.63, 3.8) is 0 Å². The molecule has 0 aliphatic carbocycles. The molecule has 0 unspecified atom stereocenters. The minimum atomic E-state index is -4.24. The Morgan fingerprint density at radius 3 is 2.39 bits per heavy atom. The summed E-state index contributed by atoms with van der Waals surface area (Å²) in [5.41, 5.74) is 0.917. The summed E-state index contributed by atoms with van der Waals surface area (Å²) < 4.78 is 39.5. The van der Waals surface area contributed by atoms with Crippen LogP contribution in [-0.2, 0) is 21.4 Å². The number of thiazole rings is 1. The molecule has 0 bridgehead atoms. The van der Waals surface area contributed by atoms with Crippen molar-refractivity contribution in [2.75, 3.05) is 50.6 Å². The number of nitrogens with zero attached hydrogens (tertiary/aromatic N) is 4. The lowest BCUT2D eigenvalue weighted by atomic mass is 10.2. The second kappa shape index (κ2) is 11.8. The van der Waals surface area contributed by atoms with E-state index in [9.17, 15) is 13.2 Å². The Labute approximate surface area is 220 Å². The van der Waals surface area contributed by atoms with Gasteiger partial charge in [-0.3, -0.25) is 9.10 Å². The average Bonchev–Trinajstić information content (AvgIpc) is 3.38. The predicted molar refractivity (Wildman–Crippen MR) is 143 cm³/mol. The molecule has 0 saturated heterocycles. The number of methoxy groups -OCH3 is 2. The van der Waals surface area contributed by atoms with Crippen molar-refractivity contribution >= 4 is 50.2 Å². The van der Waals surface area contributed by atoms with Crippen LogP contribution in [-0.4, -0.2) is 65.6 Å². The molecule has 1 aromatic heterocycles. The number of aromatic nitrogens is 1. The largest absolute Gasteiger partial charge is 0.493 e. The first-order valence-corrected chi connectivity index (χ1v) is 13.7. The van der Waals surface area contributed by atoms with Crippen LogP contribution in [0.1, 0.15) is 11.9 Å². The van der Waals surface area contributed by atoms with E-state index in [1.54, 1.807) is 29.3 Å². The van der Waals surface area contributed by atoms with Crippen LogP contribution < -0.4 is 18.7 Å². The van der Waals surface area contributed by atoms with Crippen molar-refractivity contribution < 1.29 is 22.7 Å². The van der Waals surface area contributed by atoms with Gasteiger partial charge >= 0.3 is 0 Å². The van der Waals surface area contributed by atoms with Gasteiger partial charge in [0.2, 0.25) is 5.91 Å². The average molecular weight is 553 g/mol. The molecule has 0 saturated carbocycles. The fourth-order valence-corrected chi connectivity index (χ4v) is 5.81.